The smallest absolute Gasteiger partial charge is 0.274 e. The van der Waals surface area contributed by atoms with E-state index < -0.39 is 5.41 Å². The number of rotatable bonds is 4. The molecule has 1 aromatic rings. The molecule has 0 bridgehead atoms. The van der Waals surface area contributed by atoms with Crippen LogP contribution in [-0.4, -0.2) is 40.3 Å². The molecule has 2 rings (SSSR count). The molecule has 7 heteroatoms. The maximum atomic E-state index is 12.5. The Bertz CT molecular complexity index is 676. The molecule has 0 unspecified atom stereocenters. The second-order valence-electron chi connectivity index (χ2n) is 6.53. The predicted molar refractivity (Wildman–Crippen MR) is 90.0 cm³/mol. The third kappa shape index (κ3) is 3.75. The van der Waals surface area contributed by atoms with Gasteiger partial charge in [-0.2, -0.15) is 0 Å². The summed E-state index contributed by atoms with van der Waals surface area (Å²) < 4.78 is 1.31. The number of anilines is 1. The Balaban J connectivity index is 2.31. The van der Waals surface area contributed by atoms with Crippen molar-refractivity contribution in [2.24, 2.45) is 12.5 Å². The summed E-state index contributed by atoms with van der Waals surface area (Å²) in [6.07, 6.45) is 3.49. The number of hydrogen-bond donors (Lipinski definition) is 1. The third-order valence-corrected chi connectivity index (χ3v) is 4.69. The number of aryl methyl sites for hydroxylation is 1. The summed E-state index contributed by atoms with van der Waals surface area (Å²) >= 11 is 5.79. The minimum absolute atomic E-state index is 0.0979. The second-order valence-corrected chi connectivity index (χ2v) is 6.80. The van der Waals surface area contributed by atoms with Crippen LogP contribution in [0, 0.1) is 5.41 Å². The Kier molecular flexibility index (Phi) is 5.14. The predicted octanol–water partition coefficient (Wildman–Crippen LogP) is 1.82. The molecule has 2 amide bonds. The van der Waals surface area contributed by atoms with Gasteiger partial charge in [-0.3, -0.25) is 14.4 Å². The first-order valence-corrected chi connectivity index (χ1v) is 8.17. The van der Waals surface area contributed by atoms with Crippen LogP contribution in [0.3, 0.4) is 0 Å². The highest BCUT2D eigenvalue weighted by molar-refractivity contribution is 6.20. The van der Waals surface area contributed by atoms with E-state index in [1.165, 1.54) is 16.8 Å². The number of hydrogen-bond acceptors (Lipinski definition) is 3. The highest BCUT2D eigenvalue weighted by Gasteiger charge is 2.28. The van der Waals surface area contributed by atoms with Crippen molar-refractivity contribution >= 4 is 29.1 Å². The van der Waals surface area contributed by atoms with Gasteiger partial charge in [0.15, 0.2) is 0 Å². The normalized spacial score (nSPS) is 14.9. The van der Waals surface area contributed by atoms with E-state index in [1.54, 1.807) is 25.8 Å². The van der Waals surface area contributed by atoms with Gasteiger partial charge in [-0.15, -0.1) is 11.6 Å². The monoisotopic (exact) mass is 339 g/mol. The number of carbonyl (C=O) groups is 2. The van der Waals surface area contributed by atoms with Gasteiger partial charge in [-0.25, -0.2) is 0 Å². The molecule has 1 aromatic heterocycles. The maximum absolute atomic E-state index is 12.5. The summed E-state index contributed by atoms with van der Waals surface area (Å²) in [5, 5.41) is 2.60. The van der Waals surface area contributed by atoms with Crippen molar-refractivity contribution in [2.75, 3.05) is 24.3 Å². The van der Waals surface area contributed by atoms with Crippen LogP contribution in [0.2, 0.25) is 0 Å². The van der Waals surface area contributed by atoms with Crippen molar-refractivity contribution in [3.8, 4) is 0 Å². The second kappa shape index (κ2) is 6.74. The average molecular weight is 340 g/mol. The summed E-state index contributed by atoms with van der Waals surface area (Å²) in [6.45, 7) is 4.84. The van der Waals surface area contributed by atoms with E-state index in [4.69, 9.17) is 11.6 Å². The molecule has 2 heterocycles. The molecule has 0 spiro atoms. The van der Waals surface area contributed by atoms with E-state index in [9.17, 15) is 14.4 Å². The van der Waals surface area contributed by atoms with Crippen LogP contribution in [0.1, 0.15) is 37.0 Å². The highest BCUT2D eigenvalue weighted by Crippen LogP contribution is 2.20. The minimum atomic E-state index is -0.804. The van der Waals surface area contributed by atoms with Gasteiger partial charge >= 0.3 is 0 Å². The molecule has 1 saturated heterocycles. The van der Waals surface area contributed by atoms with Crippen molar-refractivity contribution in [1.82, 2.24) is 9.47 Å². The van der Waals surface area contributed by atoms with Gasteiger partial charge < -0.3 is 14.8 Å². The Hall–Kier alpha value is -1.82. The first-order chi connectivity index (χ1) is 10.8. The molecule has 1 aliphatic rings. The van der Waals surface area contributed by atoms with Crippen molar-refractivity contribution in [2.45, 2.75) is 26.7 Å². The van der Waals surface area contributed by atoms with Crippen LogP contribution in [0.4, 0.5) is 5.69 Å². The van der Waals surface area contributed by atoms with Crippen LogP contribution < -0.4 is 10.9 Å². The fourth-order valence-corrected chi connectivity index (χ4v) is 2.49. The fraction of sp³-hybridized carbons (Fsp3) is 0.562. The van der Waals surface area contributed by atoms with Gasteiger partial charge in [0.2, 0.25) is 5.91 Å². The van der Waals surface area contributed by atoms with Gasteiger partial charge in [0, 0.05) is 32.2 Å². The molecular formula is C16H22ClN3O3. The average Bonchev–Trinajstić information content (AvgIpc) is 3.04. The van der Waals surface area contributed by atoms with Crippen LogP contribution >= 0.6 is 11.6 Å². The summed E-state index contributed by atoms with van der Waals surface area (Å²) in [6, 6.07) is 1.45. The van der Waals surface area contributed by atoms with E-state index in [0.717, 1.165) is 25.9 Å². The number of carbonyl (C=O) groups excluding carboxylic acids is 2. The number of aromatic nitrogens is 1. The largest absolute Gasteiger partial charge is 0.339 e. The lowest BCUT2D eigenvalue weighted by atomic mass is 9.95. The molecule has 0 aromatic carbocycles. The van der Waals surface area contributed by atoms with E-state index >= 15 is 0 Å². The first kappa shape index (κ1) is 17.5. The third-order valence-electron chi connectivity index (χ3n) is 4.02. The van der Waals surface area contributed by atoms with Gasteiger partial charge in [0.05, 0.1) is 11.0 Å². The molecule has 1 aliphatic heterocycles. The maximum Gasteiger partial charge on any atom is 0.274 e. The van der Waals surface area contributed by atoms with Crippen molar-refractivity contribution < 1.29 is 9.59 Å². The van der Waals surface area contributed by atoms with Crippen molar-refractivity contribution in [3.63, 3.8) is 0 Å². The zero-order valence-electron chi connectivity index (χ0n) is 13.7. The van der Waals surface area contributed by atoms with Gasteiger partial charge in [-0.05, 0) is 32.8 Å². The number of amides is 2. The van der Waals surface area contributed by atoms with Crippen LogP contribution in [0.25, 0.3) is 0 Å². The summed E-state index contributed by atoms with van der Waals surface area (Å²) in [7, 11) is 1.56. The number of nitrogens with one attached hydrogen (secondary N) is 1. The highest BCUT2D eigenvalue weighted by atomic mass is 35.5. The van der Waals surface area contributed by atoms with Crippen molar-refractivity contribution in [3.05, 3.63) is 28.2 Å². The number of halogens is 1. The molecule has 0 aliphatic carbocycles. The number of alkyl halides is 1. The number of likely N-dealkylation sites (tertiary alicyclic amines) is 1. The molecule has 0 atom stereocenters. The zero-order chi connectivity index (χ0) is 17.2. The van der Waals surface area contributed by atoms with E-state index in [-0.39, 0.29) is 28.9 Å². The molecule has 1 N–H and O–H groups in total. The lowest BCUT2D eigenvalue weighted by molar-refractivity contribution is -0.122. The topological polar surface area (TPSA) is 71.4 Å². The van der Waals surface area contributed by atoms with Crippen LogP contribution in [-0.2, 0) is 11.8 Å². The summed E-state index contributed by atoms with van der Waals surface area (Å²) in [5.74, 6) is -0.341. The number of nitrogens with zero attached hydrogens (tertiary/aromatic N) is 2. The summed E-state index contributed by atoms with van der Waals surface area (Å²) in [5.41, 5.74) is -0.669. The molecule has 0 saturated carbocycles. The Morgan fingerprint density at radius 3 is 2.48 bits per heavy atom. The van der Waals surface area contributed by atoms with Gasteiger partial charge in [0.25, 0.3) is 11.5 Å². The van der Waals surface area contributed by atoms with E-state index in [2.05, 4.69) is 5.32 Å². The molecule has 1 fully saturated rings. The van der Waals surface area contributed by atoms with Gasteiger partial charge in [-0.1, -0.05) is 0 Å². The standard InChI is InChI=1S/C16H22ClN3O3/c1-16(2,10-17)15(23)18-12-8-11(9-19(3)14(12)22)13(21)20-6-4-5-7-20/h8-9H,4-7,10H2,1-3H3,(H,18,23). The lowest BCUT2D eigenvalue weighted by Gasteiger charge is -2.21. The SMILES string of the molecule is Cn1cc(C(=O)N2CCCC2)cc(NC(=O)C(C)(C)CCl)c1=O. The lowest BCUT2D eigenvalue weighted by Crippen LogP contribution is -2.35. The Morgan fingerprint density at radius 2 is 1.91 bits per heavy atom. The zero-order valence-corrected chi connectivity index (χ0v) is 14.4. The molecule has 0 radical (unpaired) electrons. The van der Waals surface area contributed by atoms with Gasteiger partial charge in [0.1, 0.15) is 5.69 Å². The molecular weight excluding hydrogens is 318 g/mol. The van der Waals surface area contributed by atoms with Crippen molar-refractivity contribution in [1.29, 1.82) is 0 Å². The van der Waals surface area contributed by atoms with E-state index in [0.29, 0.717) is 5.56 Å². The Morgan fingerprint density at radius 1 is 1.30 bits per heavy atom. The molecule has 23 heavy (non-hydrogen) atoms. The summed E-state index contributed by atoms with van der Waals surface area (Å²) in [4.78, 5) is 38.7. The van der Waals surface area contributed by atoms with Crippen LogP contribution in [0.15, 0.2) is 17.1 Å². The minimum Gasteiger partial charge on any atom is -0.339 e. The molecule has 126 valence electrons. The molecule has 6 nitrogen and oxygen atoms in total. The fourth-order valence-electron chi connectivity index (χ4n) is 2.37. The quantitative estimate of drug-likeness (QED) is 0.851. The van der Waals surface area contributed by atoms with E-state index in [1.807, 2.05) is 0 Å². The van der Waals surface area contributed by atoms with Crippen LogP contribution in [0.5, 0.6) is 0 Å². The first-order valence-electron chi connectivity index (χ1n) is 7.63. The number of pyridine rings is 1. The Labute approximate surface area is 140 Å².